The lowest BCUT2D eigenvalue weighted by Crippen LogP contribution is -2.43. The highest BCUT2D eigenvalue weighted by Gasteiger charge is 2.24. The van der Waals surface area contributed by atoms with Gasteiger partial charge in [0, 0.05) is 24.3 Å². The summed E-state index contributed by atoms with van der Waals surface area (Å²) in [5.74, 6) is -2.43. The standard InChI is InChI=1S/C15H20F2N2O2/c1-9(2)18-15(20)14-12(16)6-11(7-13(14)17)19-4-5-21-8-10(19)3/h6-7,9-10H,4-5,8H2,1-3H3,(H,18,20). The van der Waals surface area contributed by atoms with Crippen LogP contribution in [0.2, 0.25) is 0 Å². The summed E-state index contributed by atoms with van der Waals surface area (Å²) in [5, 5.41) is 2.50. The van der Waals surface area contributed by atoms with E-state index in [-0.39, 0.29) is 12.1 Å². The molecule has 116 valence electrons. The highest BCUT2D eigenvalue weighted by atomic mass is 19.1. The van der Waals surface area contributed by atoms with E-state index in [1.165, 1.54) is 12.1 Å². The number of amides is 1. The van der Waals surface area contributed by atoms with Crippen molar-refractivity contribution in [2.24, 2.45) is 0 Å². The molecule has 1 fully saturated rings. The average molecular weight is 298 g/mol. The lowest BCUT2D eigenvalue weighted by molar-refractivity contribution is 0.0933. The average Bonchev–Trinajstić information content (AvgIpc) is 2.37. The second-order valence-electron chi connectivity index (χ2n) is 5.53. The topological polar surface area (TPSA) is 41.6 Å². The predicted molar refractivity (Wildman–Crippen MR) is 76.6 cm³/mol. The van der Waals surface area contributed by atoms with E-state index >= 15 is 0 Å². The minimum Gasteiger partial charge on any atom is -0.377 e. The maximum atomic E-state index is 14.1. The molecule has 0 spiro atoms. The van der Waals surface area contributed by atoms with Crippen LogP contribution < -0.4 is 10.2 Å². The largest absolute Gasteiger partial charge is 0.377 e. The Hall–Kier alpha value is -1.69. The molecule has 0 radical (unpaired) electrons. The van der Waals surface area contributed by atoms with E-state index in [2.05, 4.69) is 5.32 Å². The van der Waals surface area contributed by atoms with Crippen LogP contribution in [0.5, 0.6) is 0 Å². The van der Waals surface area contributed by atoms with Crippen LogP contribution in [-0.2, 0) is 4.74 Å². The van der Waals surface area contributed by atoms with Gasteiger partial charge >= 0.3 is 0 Å². The van der Waals surface area contributed by atoms with E-state index < -0.39 is 23.1 Å². The van der Waals surface area contributed by atoms with Gasteiger partial charge in [0.2, 0.25) is 0 Å². The number of morpholine rings is 1. The third kappa shape index (κ3) is 3.50. The van der Waals surface area contributed by atoms with Crippen molar-refractivity contribution < 1.29 is 18.3 Å². The van der Waals surface area contributed by atoms with E-state index in [0.29, 0.717) is 25.4 Å². The monoisotopic (exact) mass is 298 g/mol. The van der Waals surface area contributed by atoms with Crippen LogP contribution in [-0.4, -0.2) is 37.7 Å². The first-order valence-corrected chi connectivity index (χ1v) is 7.04. The van der Waals surface area contributed by atoms with Gasteiger partial charge in [0.15, 0.2) is 0 Å². The number of rotatable bonds is 3. The minimum atomic E-state index is -0.846. The molecular weight excluding hydrogens is 278 g/mol. The molecule has 2 rings (SSSR count). The van der Waals surface area contributed by atoms with Crippen LogP contribution in [0.25, 0.3) is 0 Å². The Bertz CT molecular complexity index is 511. The number of halogens is 2. The summed E-state index contributed by atoms with van der Waals surface area (Å²) < 4.78 is 33.6. The second kappa shape index (κ2) is 6.39. The number of nitrogens with zero attached hydrogens (tertiary/aromatic N) is 1. The molecule has 1 aliphatic heterocycles. The SMILES string of the molecule is CC(C)NC(=O)c1c(F)cc(N2CCOCC2C)cc1F. The quantitative estimate of drug-likeness (QED) is 0.931. The van der Waals surface area contributed by atoms with Gasteiger partial charge in [-0.05, 0) is 32.9 Å². The first-order chi connectivity index (χ1) is 9.90. The molecule has 1 aromatic carbocycles. The molecule has 1 saturated heterocycles. The number of carbonyl (C=O) groups is 1. The van der Waals surface area contributed by atoms with Crippen LogP contribution in [0, 0.1) is 11.6 Å². The molecule has 1 heterocycles. The predicted octanol–water partition coefficient (Wildman–Crippen LogP) is 2.33. The normalized spacial score (nSPS) is 19.0. The smallest absolute Gasteiger partial charge is 0.257 e. The number of nitrogens with one attached hydrogen (secondary N) is 1. The molecule has 1 unspecified atom stereocenters. The van der Waals surface area contributed by atoms with Crippen molar-refractivity contribution in [2.75, 3.05) is 24.7 Å². The van der Waals surface area contributed by atoms with Gasteiger partial charge in [-0.1, -0.05) is 0 Å². The van der Waals surface area contributed by atoms with Gasteiger partial charge in [-0.2, -0.15) is 0 Å². The van der Waals surface area contributed by atoms with E-state index in [0.717, 1.165) is 0 Å². The Balaban J connectivity index is 2.30. The van der Waals surface area contributed by atoms with E-state index in [1.807, 2.05) is 11.8 Å². The van der Waals surface area contributed by atoms with Gasteiger partial charge in [-0.3, -0.25) is 4.79 Å². The Kier molecular flexibility index (Phi) is 4.77. The Morgan fingerprint density at radius 3 is 2.52 bits per heavy atom. The molecular formula is C15H20F2N2O2. The van der Waals surface area contributed by atoms with Crippen molar-refractivity contribution in [2.45, 2.75) is 32.9 Å². The fourth-order valence-corrected chi connectivity index (χ4v) is 2.39. The maximum Gasteiger partial charge on any atom is 0.257 e. The van der Waals surface area contributed by atoms with Crippen molar-refractivity contribution in [1.29, 1.82) is 0 Å². The third-order valence-electron chi connectivity index (χ3n) is 3.37. The highest BCUT2D eigenvalue weighted by Crippen LogP contribution is 2.25. The summed E-state index contributed by atoms with van der Waals surface area (Å²) in [4.78, 5) is 13.7. The molecule has 1 aromatic rings. The number of hydrogen-bond acceptors (Lipinski definition) is 3. The molecule has 1 aliphatic rings. The van der Waals surface area contributed by atoms with Gasteiger partial charge in [-0.15, -0.1) is 0 Å². The molecule has 0 bridgehead atoms. The summed E-state index contributed by atoms with van der Waals surface area (Å²) in [5.41, 5.74) is -0.102. The van der Waals surface area contributed by atoms with Crippen LogP contribution in [0.4, 0.5) is 14.5 Å². The summed E-state index contributed by atoms with van der Waals surface area (Å²) in [7, 11) is 0. The van der Waals surface area contributed by atoms with Crippen LogP contribution >= 0.6 is 0 Å². The minimum absolute atomic E-state index is 0.0351. The van der Waals surface area contributed by atoms with Crippen LogP contribution in [0.1, 0.15) is 31.1 Å². The number of carbonyl (C=O) groups excluding carboxylic acids is 1. The maximum absolute atomic E-state index is 14.1. The van der Waals surface area contributed by atoms with Crippen molar-refractivity contribution in [3.05, 3.63) is 29.3 Å². The molecule has 1 atom stereocenters. The van der Waals surface area contributed by atoms with Crippen molar-refractivity contribution in [1.82, 2.24) is 5.32 Å². The molecule has 1 N–H and O–H groups in total. The van der Waals surface area contributed by atoms with Crippen LogP contribution in [0.15, 0.2) is 12.1 Å². The van der Waals surface area contributed by atoms with Gasteiger partial charge in [0.1, 0.15) is 17.2 Å². The zero-order valence-electron chi connectivity index (χ0n) is 12.5. The van der Waals surface area contributed by atoms with Crippen molar-refractivity contribution in [3.63, 3.8) is 0 Å². The summed E-state index contributed by atoms with van der Waals surface area (Å²) >= 11 is 0. The summed E-state index contributed by atoms with van der Waals surface area (Å²) in [6.07, 6.45) is 0. The van der Waals surface area contributed by atoms with Gasteiger partial charge < -0.3 is 15.0 Å². The zero-order valence-corrected chi connectivity index (χ0v) is 12.5. The fraction of sp³-hybridized carbons (Fsp3) is 0.533. The molecule has 4 nitrogen and oxygen atoms in total. The fourth-order valence-electron chi connectivity index (χ4n) is 2.39. The van der Waals surface area contributed by atoms with Crippen molar-refractivity contribution >= 4 is 11.6 Å². The van der Waals surface area contributed by atoms with Crippen LogP contribution in [0.3, 0.4) is 0 Å². The lowest BCUT2D eigenvalue weighted by atomic mass is 10.1. The lowest BCUT2D eigenvalue weighted by Gasteiger charge is -2.35. The molecule has 1 amide bonds. The Labute approximate surface area is 123 Å². The number of ether oxygens (including phenoxy) is 1. The Morgan fingerprint density at radius 2 is 2.00 bits per heavy atom. The van der Waals surface area contributed by atoms with E-state index in [4.69, 9.17) is 4.74 Å². The molecule has 6 heteroatoms. The zero-order chi connectivity index (χ0) is 15.6. The Morgan fingerprint density at radius 1 is 1.38 bits per heavy atom. The number of hydrogen-bond donors (Lipinski definition) is 1. The van der Waals surface area contributed by atoms with Crippen molar-refractivity contribution in [3.8, 4) is 0 Å². The molecule has 0 saturated carbocycles. The molecule has 0 aliphatic carbocycles. The first kappa shape index (κ1) is 15.7. The summed E-state index contributed by atoms with van der Waals surface area (Å²) in [6, 6.07) is 2.27. The highest BCUT2D eigenvalue weighted by molar-refractivity contribution is 5.95. The number of benzene rings is 1. The van der Waals surface area contributed by atoms with Gasteiger partial charge in [0.25, 0.3) is 5.91 Å². The second-order valence-corrected chi connectivity index (χ2v) is 5.53. The van der Waals surface area contributed by atoms with E-state index in [1.54, 1.807) is 13.8 Å². The van der Waals surface area contributed by atoms with Gasteiger partial charge in [0.05, 0.1) is 13.2 Å². The third-order valence-corrected chi connectivity index (χ3v) is 3.37. The number of anilines is 1. The van der Waals surface area contributed by atoms with E-state index in [9.17, 15) is 13.6 Å². The molecule has 21 heavy (non-hydrogen) atoms. The molecule has 0 aromatic heterocycles. The van der Waals surface area contributed by atoms with Gasteiger partial charge in [-0.25, -0.2) is 8.78 Å². The first-order valence-electron chi connectivity index (χ1n) is 7.04. The summed E-state index contributed by atoms with van der Waals surface area (Å²) in [6.45, 7) is 6.99.